The van der Waals surface area contributed by atoms with Crippen LogP contribution in [0.1, 0.15) is 32.2 Å². The number of ether oxygens (including phenoxy) is 1. The summed E-state index contributed by atoms with van der Waals surface area (Å²) in [6.45, 7) is 9.06. The Morgan fingerprint density at radius 3 is 2.78 bits per heavy atom. The van der Waals surface area contributed by atoms with Gasteiger partial charge in [0, 0.05) is 13.1 Å². The molecule has 1 aromatic heterocycles. The zero-order chi connectivity index (χ0) is 13.7. The maximum Gasteiger partial charge on any atom is 0.322 e. The molecule has 0 spiro atoms. The van der Waals surface area contributed by atoms with Gasteiger partial charge in [0.05, 0.1) is 23.0 Å². The minimum absolute atomic E-state index is 0.257. The van der Waals surface area contributed by atoms with Gasteiger partial charge in [0.15, 0.2) is 0 Å². The number of nitrogens with zero attached hydrogens (tertiary/aromatic N) is 2. The van der Waals surface area contributed by atoms with Crippen LogP contribution < -0.4 is 5.32 Å². The number of hydrogen-bond donors (Lipinski definition) is 1. The Morgan fingerprint density at radius 2 is 2.22 bits per heavy atom. The summed E-state index contributed by atoms with van der Waals surface area (Å²) in [6.07, 6.45) is 0. The first-order valence-corrected chi connectivity index (χ1v) is 6.50. The molecule has 0 amide bonds. The zero-order valence-corrected chi connectivity index (χ0v) is 12.0. The average molecular weight is 274 g/mol. The Kier molecular flexibility index (Phi) is 5.62. The maximum absolute atomic E-state index is 11.5. The van der Waals surface area contributed by atoms with Gasteiger partial charge in [0.1, 0.15) is 6.04 Å². The summed E-state index contributed by atoms with van der Waals surface area (Å²) in [6, 6.07) is -0.360. The lowest BCUT2D eigenvalue weighted by Crippen LogP contribution is -2.35. The SMILES string of the molecule is CCOC(=O)C(C)NCc1c(Cl)c(C)nn1CC. The lowest BCUT2D eigenvalue weighted by atomic mass is 10.3. The van der Waals surface area contributed by atoms with Crippen LogP contribution in [0.4, 0.5) is 0 Å². The number of aromatic nitrogens is 2. The standard InChI is InChI=1S/C12H20ClN3O2/c1-5-16-10(11(13)8(3)15-16)7-14-9(4)12(17)18-6-2/h9,14H,5-7H2,1-4H3. The molecule has 0 radical (unpaired) electrons. The first-order valence-electron chi connectivity index (χ1n) is 6.13. The minimum Gasteiger partial charge on any atom is -0.465 e. The van der Waals surface area contributed by atoms with Gasteiger partial charge in [-0.25, -0.2) is 0 Å². The van der Waals surface area contributed by atoms with Gasteiger partial charge in [-0.05, 0) is 27.7 Å². The number of carbonyl (C=O) groups excluding carboxylic acids is 1. The predicted octanol–water partition coefficient (Wildman–Crippen LogP) is 1.91. The first kappa shape index (κ1) is 15.0. The lowest BCUT2D eigenvalue weighted by Gasteiger charge is -2.13. The largest absolute Gasteiger partial charge is 0.465 e. The molecule has 1 atom stereocenters. The summed E-state index contributed by atoms with van der Waals surface area (Å²) < 4.78 is 6.76. The van der Waals surface area contributed by atoms with Gasteiger partial charge in [0.25, 0.3) is 0 Å². The van der Waals surface area contributed by atoms with Crippen molar-refractivity contribution < 1.29 is 9.53 Å². The highest BCUT2D eigenvalue weighted by Crippen LogP contribution is 2.20. The van der Waals surface area contributed by atoms with Crippen molar-refractivity contribution in [2.45, 2.75) is 46.8 Å². The van der Waals surface area contributed by atoms with E-state index in [0.717, 1.165) is 17.9 Å². The zero-order valence-electron chi connectivity index (χ0n) is 11.3. The van der Waals surface area contributed by atoms with E-state index in [1.165, 1.54) is 0 Å². The topological polar surface area (TPSA) is 56.1 Å². The quantitative estimate of drug-likeness (QED) is 0.805. The van der Waals surface area contributed by atoms with Crippen molar-refractivity contribution in [1.82, 2.24) is 15.1 Å². The van der Waals surface area contributed by atoms with E-state index < -0.39 is 0 Å². The summed E-state index contributed by atoms with van der Waals surface area (Å²) >= 11 is 6.18. The third-order valence-electron chi connectivity index (χ3n) is 2.67. The Hall–Kier alpha value is -1.07. The summed E-state index contributed by atoms with van der Waals surface area (Å²) in [4.78, 5) is 11.5. The van der Waals surface area contributed by atoms with Crippen molar-refractivity contribution in [3.63, 3.8) is 0 Å². The molecular formula is C12H20ClN3O2. The second kappa shape index (κ2) is 6.75. The van der Waals surface area contributed by atoms with Gasteiger partial charge in [-0.15, -0.1) is 0 Å². The van der Waals surface area contributed by atoms with Crippen LogP contribution >= 0.6 is 11.6 Å². The molecule has 6 heteroatoms. The van der Waals surface area contributed by atoms with E-state index >= 15 is 0 Å². The average Bonchev–Trinajstić information content (AvgIpc) is 2.62. The number of rotatable bonds is 6. The van der Waals surface area contributed by atoms with Crippen LogP contribution in [0.15, 0.2) is 0 Å². The van der Waals surface area contributed by atoms with Crippen molar-refractivity contribution in [1.29, 1.82) is 0 Å². The van der Waals surface area contributed by atoms with Crippen LogP contribution in [0.3, 0.4) is 0 Å². The van der Waals surface area contributed by atoms with E-state index in [1.54, 1.807) is 13.8 Å². The Labute approximate surface area is 112 Å². The summed E-state index contributed by atoms with van der Waals surface area (Å²) in [5.41, 5.74) is 1.70. The molecule has 1 rings (SSSR count). The number of halogens is 1. The van der Waals surface area contributed by atoms with Crippen LogP contribution in [0, 0.1) is 6.92 Å². The number of hydrogen-bond acceptors (Lipinski definition) is 4. The number of nitrogens with one attached hydrogen (secondary N) is 1. The van der Waals surface area contributed by atoms with Gasteiger partial charge in [-0.2, -0.15) is 5.10 Å². The smallest absolute Gasteiger partial charge is 0.322 e. The molecule has 0 aliphatic heterocycles. The van der Waals surface area contributed by atoms with Gasteiger partial charge >= 0.3 is 5.97 Å². The van der Waals surface area contributed by atoms with Crippen molar-refractivity contribution in [3.8, 4) is 0 Å². The van der Waals surface area contributed by atoms with E-state index in [9.17, 15) is 4.79 Å². The Bertz CT molecular complexity index is 418. The van der Waals surface area contributed by atoms with Crippen LogP contribution in [0.5, 0.6) is 0 Å². The molecular weight excluding hydrogens is 254 g/mol. The summed E-state index contributed by atoms with van der Waals surface area (Å²) in [5, 5.41) is 8.06. The Balaban J connectivity index is 2.66. The highest BCUT2D eigenvalue weighted by atomic mass is 35.5. The molecule has 102 valence electrons. The molecule has 1 heterocycles. The fraction of sp³-hybridized carbons (Fsp3) is 0.667. The minimum atomic E-state index is -0.360. The third kappa shape index (κ3) is 3.46. The molecule has 1 aromatic rings. The van der Waals surface area contributed by atoms with Gasteiger partial charge in [0.2, 0.25) is 0 Å². The molecule has 0 saturated carbocycles. The predicted molar refractivity (Wildman–Crippen MR) is 70.6 cm³/mol. The summed E-state index contributed by atoms with van der Waals surface area (Å²) in [7, 11) is 0. The van der Waals surface area contributed by atoms with Gasteiger partial charge in [-0.3, -0.25) is 14.8 Å². The van der Waals surface area contributed by atoms with E-state index in [0.29, 0.717) is 18.2 Å². The molecule has 0 aliphatic rings. The van der Waals surface area contributed by atoms with E-state index in [4.69, 9.17) is 16.3 Å². The molecule has 1 N–H and O–H groups in total. The highest BCUT2D eigenvalue weighted by Gasteiger charge is 2.17. The van der Waals surface area contributed by atoms with Crippen molar-refractivity contribution in [3.05, 3.63) is 16.4 Å². The first-order chi connectivity index (χ1) is 8.51. The number of esters is 1. The van der Waals surface area contributed by atoms with Gasteiger partial charge in [-0.1, -0.05) is 11.6 Å². The third-order valence-corrected chi connectivity index (χ3v) is 3.16. The fourth-order valence-corrected chi connectivity index (χ4v) is 1.84. The molecule has 0 fully saturated rings. The number of carbonyl (C=O) groups is 1. The van der Waals surface area contributed by atoms with Crippen molar-refractivity contribution >= 4 is 17.6 Å². The van der Waals surface area contributed by atoms with E-state index in [1.807, 2.05) is 18.5 Å². The van der Waals surface area contributed by atoms with Crippen LogP contribution in [-0.2, 0) is 22.6 Å². The van der Waals surface area contributed by atoms with Crippen LogP contribution in [0.2, 0.25) is 5.02 Å². The van der Waals surface area contributed by atoms with Crippen molar-refractivity contribution in [2.24, 2.45) is 0 Å². The van der Waals surface area contributed by atoms with Crippen molar-refractivity contribution in [2.75, 3.05) is 6.61 Å². The summed E-state index contributed by atoms with van der Waals surface area (Å²) in [5.74, 6) is -0.257. The normalized spacial score (nSPS) is 12.5. The van der Waals surface area contributed by atoms with Gasteiger partial charge < -0.3 is 4.74 Å². The van der Waals surface area contributed by atoms with Crippen LogP contribution in [-0.4, -0.2) is 28.4 Å². The molecule has 5 nitrogen and oxygen atoms in total. The Morgan fingerprint density at radius 1 is 1.56 bits per heavy atom. The molecule has 0 saturated heterocycles. The molecule has 0 aromatic carbocycles. The molecule has 0 aliphatic carbocycles. The van der Waals surface area contributed by atoms with E-state index in [-0.39, 0.29) is 12.0 Å². The molecule has 0 bridgehead atoms. The maximum atomic E-state index is 11.5. The monoisotopic (exact) mass is 273 g/mol. The second-order valence-electron chi connectivity index (χ2n) is 4.02. The molecule has 1 unspecified atom stereocenters. The fourth-order valence-electron chi connectivity index (χ4n) is 1.64. The lowest BCUT2D eigenvalue weighted by molar-refractivity contribution is -0.145. The van der Waals surface area contributed by atoms with Crippen LogP contribution in [0.25, 0.3) is 0 Å². The molecule has 18 heavy (non-hydrogen) atoms. The highest BCUT2D eigenvalue weighted by molar-refractivity contribution is 6.31. The number of aryl methyl sites for hydroxylation is 2. The second-order valence-corrected chi connectivity index (χ2v) is 4.39. The van der Waals surface area contributed by atoms with E-state index in [2.05, 4.69) is 10.4 Å².